The molecule has 4 amide bonds. The number of nitrogens with zero attached hydrogens (tertiary/aromatic N) is 1. The normalized spacial score (nSPS) is 23.7. The monoisotopic (exact) mass is 265 g/mol. The third-order valence-corrected chi connectivity index (χ3v) is 3.22. The number of hydrogen-bond acceptors (Lipinski definition) is 5. The first-order valence-corrected chi connectivity index (χ1v) is 5.89. The molecule has 1 atom stereocenters. The number of amides is 4. The van der Waals surface area contributed by atoms with Gasteiger partial charge in [-0.1, -0.05) is 0 Å². The standard InChI is InChI=1S/C12H15N3O4/c1-12(4-5-13)9(16)14-11(18)15(10(12)17)7-8-3-2-6-19-8/h2-3,6H,4-5,7,13H2,1H3,(H,14,16,18). The summed E-state index contributed by atoms with van der Waals surface area (Å²) in [6.07, 6.45) is 1.63. The van der Waals surface area contributed by atoms with Gasteiger partial charge in [0.15, 0.2) is 0 Å². The van der Waals surface area contributed by atoms with Crippen molar-refractivity contribution in [2.75, 3.05) is 6.54 Å². The van der Waals surface area contributed by atoms with Crippen molar-refractivity contribution in [2.24, 2.45) is 11.1 Å². The minimum atomic E-state index is -1.31. The van der Waals surface area contributed by atoms with E-state index in [4.69, 9.17) is 10.2 Å². The van der Waals surface area contributed by atoms with Crippen molar-refractivity contribution in [3.63, 3.8) is 0 Å². The van der Waals surface area contributed by atoms with Crippen LogP contribution in [-0.4, -0.2) is 29.3 Å². The van der Waals surface area contributed by atoms with Crippen LogP contribution < -0.4 is 11.1 Å². The summed E-state index contributed by atoms with van der Waals surface area (Å²) in [7, 11) is 0. The number of urea groups is 1. The Hall–Kier alpha value is -2.15. The van der Waals surface area contributed by atoms with Crippen LogP contribution in [0.15, 0.2) is 22.8 Å². The molecule has 1 aromatic rings. The van der Waals surface area contributed by atoms with E-state index in [1.54, 1.807) is 12.1 Å². The molecule has 0 aromatic carbocycles. The van der Waals surface area contributed by atoms with Crippen molar-refractivity contribution in [1.82, 2.24) is 10.2 Å². The Morgan fingerprint density at radius 1 is 1.42 bits per heavy atom. The number of carbonyl (C=O) groups excluding carboxylic acids is 3. The maximum Gasteiger partial charge on any atom is 0.331 e. The van der Waals surface area contributed by atoms with E-state index < -0.39 is 23.3 Å². The summed E-state index contributed by atoms with van der Waals surface area (Å²) in [5.41, 5.74) is 4.12. The van der Waals surface area contributed by atoms with E-state index in [1.807, 2.05) is 0 Å². The highest BCUT2D eigenvalue weighted by molar-refractivity contribution is 6.18. The minimum absolute atomic E-state index is 0.00882. The number of rotatable bonds is 4. The van der Waals surface area contributed by atoms with E-state index in [-0.39, 0.29) is 19.5 Å². The summed E-state index contributed by atoms with van der Waals surface area (Å²) in [5, 5.41) is 2.18. The molecule has 1 saturated heterocycles. The molecule has 102 valence electrons. The number of barbiturate groups is 1. The van der Waals surface area contributed by atoms with Gasteiger partial charge in [-0.25, -0.2) is 4.79 Å². The van der Waals surface area contributed by atoms with Crippen LogP contribution in [0.2, 0.25) is 0 Å². The molecule has 2 heterocycles. The second kappa shape index (κ2) is 4.85. The molecule has 1 aliphatic heterocycles. The molecule has 0 radical (unpaired) electrons. The van der Waals surface area contributed by atoms with Crippen molar-refractivity contribution in [3.05, 3.63) is 24.2 Å². The average molecular weight is 265 g/mol. The predicted molar refractivity (Wildman–Crippen MR) is 64.6 cm³/mol. The second-order valence-electron chi connectivity index (χ2n) is 4.60. The largest absolute Gasteiger partial charge is 0.467 e. The Morgan fingerprint density at radius 2 is 2.16 bits per heavy atom. The van der Waals surface area contributed by atoms with Gasteiger partial charge in [0.1, 0.15) is 11.2 Å². The van der Waals surface area contributed by atoms with Crippen molar-refractivity contribution < 1.29 is 18.8 Å². The smallest absolute Gasteiger partial charge is 0.331 e. The molecular formula is C12H15N3O4. The number of carbonyl (C=O) groups is 3. The molecule has 0 aliphatic carbocycles. The Labute approximate surface area is 109 Å². The number of hydrogen-bond donors (Lipinski definition) is 2. The number of furan rings is 1. The van der Waals surface area contributed by atoms with Crippen LogP contribution >= 0.6 is 0 Å². The zero-order chi connectivity index (χ0) is 14.0. The van der Waals surface area contributed by atoms with Crippen molar-refractivity contribution in [2.45, 2.75) is 19.9 Å². The maximum atomic E-state index is 12.3. The SMILES string of the molecule is CC1(CCN)C(=O)NC(=O)N(Cc2ccco2)C1=O. The van der Waals surface area contributed by atoms with Gasteiger partial charge in [-0.2, -0.15) is 0 Å². The van der Waals surface area contributed by atoms with Crippen LogP contribution in [0.25, 0.3) is 0 Å². The molecule has 19 heavy (non-hydrogen) atoms. The fourth-order valence-corrected chi connectivity index (χ4v) is 2.00. The summed E-state index contributed by atoms with van der Waals surface area (Å²) in [6.45, 7) is 1.66. The van der Waals surface area contributed by atoms with Gasteiger partial charge in [-0.05, 0) is 32.0 Å². The fourth-order valence-electron chi connectivity index (χ4n) is 2.00. The molecule has 0 saturated carbocycles. The summed E-state index contributed by atoms with van der Waals surface area (Å²) in [5.74, 6) is -0.695. The summed E-state index contributed by atoms with van der Waals surface area (Å²) < 4.78 is 5.10. The second-order valence-corrected chi connectivity index (χ2v) is 4.60. The lowest BCUT2D eigenvalue weighted by atomic mass is 9.82. The summed E-state index contributed by atoms with van der Waals surface area (Å²) >= 11 is 0. The fraction of sp³-hybridized carbons (Fsp3) is 0.417. The highest BCUT2D eigenvalue weighted by Crippen LogP contribution is 2.28. The molecule has 0 bridgehead atoms. The van der Waals surface area contributed by atoms with E-state index in [1.165, 1.54) is 13.2 Å². The van der Waals surface area contributed by atoms with Crippen LogP contribution in [0.5, 0.6) is 0 Å². The zero-order valence-electron chi connectivity index (χ0n) is 10.5. The lowest BCUT2D eigenvalue weighted by Gasteiger charge is -2.36. The first kappa shape index (κ1) is 13.3. The molecule has 1 fully saturated rings. The van der Waals surface area contributed by atoms with Gasteiger partial charge < -0.3 is 10.2 Å². The molecule has 1 aliphatic rings. The minimum Gasteiger partial charge on any atom is -0.467 e. The van der Waals surface area contributed by atoms with Crippen molar-refractivity contribution in [1.29, 1.82) is 0 Å². The van der Waals surface area contributed by atoms with E-state index in [9.17, 15) is 14.4 Å². The molecule has 2 rings (SSSR count). The van der Waals surface area contributed by atoms with Gasteiger partial charge in [0, 0.05) is 0 Å². The average Bonchev–Trinajstić information content (AvgIpc) is 2.86. The molecule has 7 nitrogen and oxygen atoms in total. The number of imide groups is 2. The Kier molecular flexibility index (Phi) is 3.39. The maximum absolute atomic E-state index is 12.3. The van der Waals surface area contributed by atoms with Crippen LogP contribution in [0.3, 0.4) is 0 Å². The third-order valence-electron chi connectivity index (χ3n) is 3.22. The lowest BCUT2D eigenvalue weighted by molar-refractivity contribution is -0.151. The lowest BCUT2D eigenvalue weighted by Crippen LogP contribution is -2.62. The van der Waals surface area contributed by atoms with Gasteiger partial charge >= 0.3 is 6.03 Å². The first-order chi connectivity index (χ1) is 8.99. The Bertz CT molecular complexity index is 511. The molecule has 0 spiro atoms. The number of nitrogens with two attached hydrogens (primary N) is 1. The van der Waals surface area contributed by atoms with E-state index in [0.29, 0.717) is 5.76 Å². The third kappa shape index (κ3) is 2.24. The molecular weight excluding hydrogens is 250 g/mol. The molecule has 1 unspecified atom stereocenters. The van der Waals surface area contributed by atoms with Crippen LogP contribution in [0.1, 0.15) is 19.1 Å². The van der Waals surface area contributed by atoms with Gasteiger partial charge in [0.05, 0.1) is 12.8 Å². The van der Waals surface area contributed by atoms with E-state index in [0.717, 1.165) is 4.90 Å². The van der Waals surface area contributed by atoms with Gasteiger partial charge in [-0.15, -0.1) is 0 Å². The quantitative estimate of drug-likeness (QED) is 0.757. The van der Waals surface area contributed by atoms with Gasteiger partial charge in [0.25, 0.3) is 0 Å². The van der Waals surface area contributed by atoms with Gasteiger partial charge in [-0.3, -0.25) is 19.8 Å². The molecule has 1 aromatic heterocycles. The summed E-state index contributed by atoms with van der Waals surface area (Å²) in [6, 6.07) is 2.57. The van der Waals surface area contributed by atoms with E-state index in [2.05, 4.69) is 5.32 Å². The van der Waals surface area contributed by atoms with Gasteiger partial charge in [0.2, 0.25) is 11.8 Å². The highest BCUT2D eigenvalue weighted by Gasteiger charge is 2.49. The topological polar surface area (TPSA) is 106 Å². The van der Waals surface area contributed by atoms with E-state index >= 15 is 0 Å². The van der Waals surface area contributed by atoms with Crippen LogP contribution in [-0.2, 0) is 16.1 Å². The Morgan fingerprint density at radius 3 is 2.74 bits per heavy atom. The number of nitrogens with one attached hydrogen (secondary N) is 1. The summed E-state index contributed by atoms with van der Waals surface area (Å²) in [4.78, 5) is 36.8. The van der Waals surface area contributed by atoms with Crippen molar-refractivity contribution >= 4 is 17.8 Å². The molecule has 3 N–H and O–H groups in total. The molecule has 7 heteroatoms. The Balaban J connectivity index is 2.25. The van der Waals surface area contributed by atoms with Crippen LogP contribution in [0.4, 0.5) is 4.79 Å². The predicted octanol–water partition coefficient (Wildman–Crippen LogP) is 0.213. The van der Waals surface area contributed by atoms with Crippen molar-refractivity contribution in [3.8, 4) is 0 Å². The van der Waals surface area contributed by atoms with Crippen LogP contribution in [0, 0.1) is 5.41 Å². The zero-order valence-corrected chi connectivity index (χ0v) is 10.5. The highest BCUT2D eigenvalue weighted by atomic mass is 16.3. The first-order valence-electron chi connectivity index (χ1n) is 5.89.